The van der Waals surface area contributed by atoms with E-state index in [9.17, 15) is 14.4 Å². The van der Waals surface area contributed by atoms with Crippen LogP contribution in [0.25, 0.3) is 0 Å². The molecule has 2 amide bonds. The summed E-state index contributed by atoms with van der Waals surface area (Å²) in [4.78, 5) is 34.9. The molecule has 0 atom stereocenters. The fourth-order valence-electron chi connectivity index (χ4n) is 2.13. The largest absolute Gasteiger partial charge is 0.452 e. The number of carbonyl (C=O) groups is 3. The molecule has 0 aliphatic carbocycles. The third kappa shape index (κ3) is 5.35. The number of para-hydroxylation sites is 1. The number of esters is 1. The Labute approximate surface area is 145 Å². The SMILES string of the molecule is CNc1ccccc1C(=O)OCC(=O)Nc1ccc(NC(C)=O)cc1. The Hall–Kier alpha value is -3.35. The Bertz CT molecular complexity index is 772. The van der Waals surface area contributed by atoms with Crippen LogP contribution in [0.5, 0.6) is 0 Å². The molecule has 3 N–H and O–H groups in total. The number of rotatable bonds is 6. The van der Waals surface area contributed by atoms with E-state index in [1.165, 1.54) is 6.92 Å². The lowest BCUT2D eigenvalue weighted by Crippen LogP contribution is -2.21. The maximum Gasteiger partial charge on any atom is 0.340 e. The first-order valence-corrected chi connectivity index (χ1v) is 7.61. The third-order valence-electron chi connectivity index (χ3n) is 3.24. The summed E-state index contributed by atoms with van der Waals surface area (Å²) >= 11 is 0. The van der Waals surface area contributed by atoms with E-state index in [1.807, 2.05) is 0 Å². The zero-order valence-corrected chi connectivity index (χ0v) is 14.0. The summed E-state index contributed by atoms with van der Waals surface area (Å²) < 4.78 is 5.03. The van der Waals surface area contributed by atoms with E-state index in [0.29, 0.717) is 22.6 Å². The van der Waals surface area contributed by atoms with Crippen molar-refractivity contribution in [2.45, 2.75) is 6.92 Å². The number of carbonyl (C=O) groups excluding carboxylic acids is 3. The van der Waals surface area contributed by atoms with Crippen molar-refractivity contribution in [3.8, 4) is 0 Å². The lowest BCUT2D eigenvalue weighted by molar-refractivity contribution is -0.119. The molecule has 0 saturated carbocycles. The van der Waals surface area contributed by atoms with E-state index in [0.717, 1.165) is 0 Å². The molecule has 7 heteroatoms. The van der Waals surface area contributed by atoms with Gasteiger partial charge in [0.15, 0.2) is 6.61 Å². The van der Waals surface area contributed by atoms with Crippen LogP contribution in [-0.2, 0) is 14.3 Å². The molecule has 0 aliphatic heterocycles. The average molecular weight is 341 g/mol. The summed E-state index contributed by atoms with van der Waals surface area (Å²) in [6.07, 6.45) is 0. The minimum Gasteiger partial charge on any atom is -0.452 e. The third-order valence-corrected chi connectivity index (χ3v) is 3.24. The normalized spacial score (nSPS) is 9.84. The molecule has 0 bridgehead atoms. The number of amides is 2. The molecular formula is C18H19N3O4. The monoisotopic (exact) mass is 341 g/mol. The number of hydrogen-bond donors (Lipinski definition) is 3. The Morgan fingerprint density at radius 2 is 1.52 bits per heavy atom. The zero-order valence-electron chi connectivity index (χ0n) is 14.0. The fraction of sp³-hybridized carbons (Fsp3) is 0.167. The summed E-state index contributed by atoms with van der Waals surface area (Å²) in [6, 6.07) is 13.5. The van der Waals surface area contributed by atoms with Crippen molar-refractivity contribution in [1.29, 1.82) is 0 Å². The fourth-order valence-corrected chi connectivity index (χ4v) is 2.13. The van der Waals surface area contributed by atoms with E-state index in [1.54, 1.807) is 55.6 Å². The smallest absolute Gasteiger partial charge is 0.340 e. The second-order valence-electron chi connectivity index (χ2n) is 5.18. The van der Waals surface area contributed by atoms with Crippen molar-refractivity contribution in [2.24, 2.45) is 0 Å². The second-order valence-corrected chi connectivity index (χ2v) is 5.18. The molecule has 0 radical (unpaired) electrons. The molecule has 2 aromatic carbocycles. The van der Waals surface area contributed by atoms with Crippen LogP contribution >= 0.6 is 0 Å². The second kappa shape index (κ2) is 8.49. The first-order chi connectivity index (χ1) is 12.0. The van der Waals surface area contributed by atoms with Crippen molar-refractivity contribution < 1.29 is 19.1 Å². The minimum absolute atomic E-state index is 0.175. The molecule has 0 aromatic heterocycles. The van der Waals surface area contributed by atoms with E-state index >= 15 is 0 Å². The van der Waals surface area contributed by atoms with Gasteiger partial charge in [-0.1, -0.05) is 12.1 Å². The van der Waals surface area contributed by atoms with Gasteiger partial charge >= 0.3 is 5.97 Å². The Morgan fingerprint density at radius 3 is 2.12 bits per heavy atom. The summed E-state index contributed by atoms with van der Waals surface area (Å²) in [6.45, 7) is 1.01. The molecule has 2 aromatic rings. The quantitative estimate of drug-likeness (QED) is 0.702. The van der Waals surface area contributed by atoms with Crippen molar-refractivity contribution in [1.82, 2.24) is 0 Å². The van der Waals surface area contributed by atoms with Crippen LogP contribution < -0.4 is 16.0 Å². The molecular weight excluding hydrogens is 322 g/mol. The van der Waals surface area contributed by atoms with E-state index < -0.39 is 18.5 Å². The molecule has 0 heterocycles. The van der Waals surface area contributed by atoms with Gasteiger partial charge in [-0.2, -0.15) is 0 Å². The van der Waals surface area contributed by atoms with E-state index in [-0.39, 0.29) is 5.91 Å². The maximum absolute atomic E-state index is 12.0. The van der Waals surface area contributed by atoms with Crippen molar-refractivity contribution in [3.05, 3.63) is 54.1 Å². The van der Waals surface area contributed by atoms with Crippen LogP contribution in [0.15, 0.2) is 48.5 Å². The highest BCUT2D eigenvalue weighted by molar-refractivity contribution is 5.98. The summed E-state index contributed by atoms with van der Waals surface area (Å²) in [5, 5.41) is 8.13. The van der Waals surface area contributed by atoms with Gasteiger partial charge < -0.3 is 20.7 Å². The maximum atomic E-state index is 12.0. The van der Waals surface area contributed by atoms with Gasteiger partial charge in [0.05, 0.1) is 5.56 Å². The number of ether oxygens (including phenoxy) is 1. The Balaban J connectivity index is 1.88. The summed E-state index contributed by atoms with van der Waals surface area (Å²) in [5.41, 5.74) is 2.14. The van der Waals surface area contributed by atoms with Gasteiger partial charge in [0.25, 0.3) is 5.91 Å². The highest BCUT2D eigenvalue weighted by Crippen LogP contribution is 2.16. The van der Waals surface area contributed by atoms with E-state index in [4.69, 9.17) is 4.74 Å². The Morgan fingerprint density at radius 1 is 0.920 bits per heavy atom. The van der Waals surface area contributed by atoms with Gasteiger partial charge in [0.1, 0.15) is 0 Å². The summed E-state index contributed by atoms with van der Waals surface area (Å²) in [5.74, 6) is -1.21. The van der Waals surface area contributed by atoms with Gasteiger partial charge in [0, 0.05) is 31.0 Å². The van der Waals surface area contributed by atoms with Crippen LogP contribution in [0, 0.1) is 0 Å². The minimum atomic E-state index is -0.582. The van der Waals surface area contributed by atoms with Gasteiger partial charge in [-0.05, 0) is 36.4 Å². The van der Waals surface area contributed by atoms with Crippen LogP contribution in [0.2, 0.25) is 0 Å². The number of nitrogens with one attached hydrogen (secondary N) is 3. The first-order valence-electron chi connectivity index (χ1n) is 7.61. The van der Waals surface area contributed by atoms with Crippen LogP contribution in [-0.4, -0.2) is 31.4 Å². The Kier molecular flexibility index (Phi) is 6.11. The molecule has 0 spiro atoms. The molecule has 0 fully saturated rings. The first kappa shape index (κ1) is 18.0. The highest BCUT2D eigenvalue weighted by atomic mass is 16.5. The molecule has 2 rings (SSSR count). The van der Waals surface area contributed by atoms with Crippen molar-refractivity contribution >= 4 is 34.8 Å². The number of benzene rings is 2. The molecule has 25 heavy (non-hydrogen) atoms. The number of anilines is 3. The van der Waals surface area contributed by atoms with Crippen LogP contribution in [0.3, 0.4) is 0 Å². The summed E-state index contributed by atoms with van der Waals surface area (Å²) in [7, 11) is 1.70. The van der Waals surface area contributed by atoms with Crippen LogP contribution in [0.4, 0.5) is 17.1 Å². The predicted octanol–water partition coefficient (Wildman–Crippen LogP) is 2.48. The highest BCUT2D eigenvalue weighted by Gasteiger charge is 2.13. The molecule has 0 aliphatic rings. The lowest BCUT2D eigenvalue weighted by atomic mass is 10.2. The topological polar surface area (TPSA) is 96.5 Å². The van der Waals surface area contributed by atoms with Crippen molar-refractivity contribution in [2.75, 3.05) is 29.6 Å². The van der Waals surface area contributed by atoms with Gasteiger partial charge in [-0.15, -0.1) is 0 Å². The van der Waals surface area contributed by atoms with E-state index in [2.05, 4.69) is 16.0 Å². The molecule has 0 saturated heterocycles. The number of hydrogen-bond acceptors (Lipinski definition) is 5. The average Bonchev–Trinajstić information content (AvgIpc) is 2.61. The van der Waals surface area contributed by atoms with Gasteiger partial charge in [-0.25, -0.2) is 4.79 Å². The zero-order chi connectivity index (χ0) is 18.2. The standard InChI is InChI=1S/C18H19N3O4/c1-12(22)20-13-7-9-14(10-8-13)21-17(23)11-25-18(24)15-5-3-4-6-16(15)19-2/h3-10,19H,11H2,1-2H3,(H,20,22)(H,21,23). The predicted molar refractivity (Wildman–Crippen MR) is 95.6 cm³/mol. The molecule has 7 nitrogen and oxygen atoms in total. The van der Waals surface area contributed by atoms with Crippen LogP contribution in [0.1, 0.15) is 17.3 Å². The molecule has 130 valence electrons. The molecule has 0 unspecified atom stereocenters. The van der Waals surface area contributed by atoms with Gasteiger partial charge in [-0.3, -0.25) is 9.59 Å². The van der Waals surface area contributed by atoms with Crippen molar-refractivity contribution in [3.63, 3.8) is 0 Å². The van der Waals surface area contributed by atoms with Gasteiger partial charge in [0.2, 0.25) is 5.91 Å². The lowest BCUT2D eigenvalue weighted by Gasteiger charge is -2.10.